The predicted octanol–water partition coefficient (Wildman–Crippen LogP) is 2.77. The van der Waals surface area contributed by atoms with E-state index in [1.54, 1.807) is 7.11 Å². The Labute approximate surface area is 156 Å². The molecule has 3 rings (SSSR count). The minimum absolute atomic E-state index is 0. The summed E-state index contributed by atoms with van der Waals surface area (Å²) in [6.07, 6.45) is 5.70. The molecule has 0 aromatic heterocycles. The molecule has 2 aliphatic carbocycles. The molecule has 2 aliphatic rings. The Morgan fingerprint density at radius 1 is 1.16 bits per heavy atom. The van der Waals surface area contributed by atoms with E-state index in [9.17, 15) is 4.79 Å². The van der Waals surface area contributed by atoms with Crippen LogP contribution < -0.4 is 15.8 Å². The normalized spacial score (nSPS) is 27.9. The molecule has 0 spiro atoms. The number of benzene rings is 1. The van der Waals surface area contributed by atoms with Crippen molar-refractivity contribution in [3.63, 3.8) is 0 Å². The van der Waals surface area contributed by atoms with Gasteiger partial charge in [0.05, 0.1) is 6.61 Å². The summed E-state index contributed by atoms with van der Waals surface area (Å²) in [6.45, 7) is 1.06. The van der Waals surface area contributed by atoms with Crippen LogP contribution in [0.4, 0.5) is 0 Å². The molecule has 6 heteroatoms. The highest BCUT2D eigenvalue weighted by molar-refractivity contribution is 5.94. The molecular weight excluding hydrogens is 340 g/mol. The zero-order chi connectivity index (χ0) is 16.9. The van der Waals surface area contributed by atoms with Crippen LogP contribution in [0.3, 0.4) is 0 Å². The number of hydrogen-bond acceptors (Lipinski definition) is 4. The van der Waals surface area contributed by atoms with E-state index in [2.05, 4.69) is 5.32 Å². The molecule has 2 fully saturated rings. The van der Waals surface area contributed by atoms with Crippen molar-refractivity contribution in [3.8, 4) is 5.75 Å². The summed E-state index contributed by atoms with van der Waals surface area (Å²) in [7, 11) is 1.64. The zero-order valence-electron chi connectivity index (χ0n) is 14.8. The number of nitrogens with one attached hydrogen (secondary N) is 1. The largest absolute Gasteiger partial charge is 0.491 e. The highest BCUT2D eigenvalue weighted by Gasteiger charge is 2.39. The third-order valence-corrected chi connectivity index (χ3v) is 5.35. The van der Waals surface area contributed by atoms with Crippen molar-refractivity contribution in [1.29, 1.82) is 0 Å². The van der Waals surface area contributed by atoms with Gasteiger partial charge in [0.15, 0.2) is 0 Å². The highest BCUT2D eigenvalue weighted by atomic mass is 35.5. The lowest BCUT2D eigenvalue weighted by atomic mass is 9.67. The molecule has 0 heterocycles. The Bertz CT molecular complexity index is 538. The van der Waals surface area contributed by atoms with E-state index < -0.39 is 0 Å². The minimum Gasteiger partial charge on any atom is -0.491 e. The first-order chi connectivity index (χ1) is 11.7. The fraction of sp³-hybridized carbons (Fsp3) is 0.632. The zero-order valence-corrected chi connectivity index (χ0v) is 15.6. The maximum atomic E-state index is 12.6. The van der Waals surface area contributed by atoms with Crippen LogP contribution in [-0.2, 0) is 4.74 Å². The number of carbonyl (C=O) groups excluding carboxylic acids is 1. The van der Waals surface area contributed by atoms with E-state index in [0.29, 0.717) is 36.7 Å². The van der Waals surface area contributed by atoms with Crippen LogP contribution in [-0.4, -0.2) is 38.3 Å². The Morgan fingerprint density at radius 2 is 1.80 bits per heavy atom. The quantitative estimate of drug-likeness (QED) is 0.757. The molecular formula is C19H29ClN2O3. The number of fused-ring (bicyclic) bond motifs is 2. The number of rotatable bonds is 6. The fourth-order valence-corrected chi connectivity index (χ4v) is 4.20. The van der Waals surface area contributed by atoms with E-state index in [4.69, 9.17) is 15.2 Å². The lowest BCUT2D eigenvalue weighted by molar-refractivity contribution is 0.0756. The van der Waals surface area contributed by atoms with Crippen LogP contribution in [0.25, 0.3) is 0 Å². The third kappa shape index (κ3) is 5.09. The molecule has 25 heavy (non-hydrogen) atoms. The van der Waals surface area contributed by atoms with Gasteiger partial charge in [0.1, 0.15) is 12.4 Å². The molecule has 2 saturated carbocycles. The maximum absolute atomic E-state index is 12.6. The van der Waals surface area contributed by atoms with Gasteiger partial charge in [0, 0.05) is 24.8 Å². The topological polar surface area (TPSA) is 73.6 Å². The van der Waals surface area contributed by atoms with E-state index in [-0.39, 0.29) is 24.4 Å². The molecule has 1 aromatic carbocycles. The predicted molar refractivity (Wildman–Crippen MR) is 100 cm³/mol. The number of methoxy groups -OCH3 is 1. The second kappa shape index (κ2) is 9.41. The molecule has 0 radical (unpaired) electrons. The van der Waals surface area contributed by atoms with Gasteiger partial charge in [-0.05, 0) is 61.8 Å². The SMILES string of the molecule is COCCOc1ccc(C(=O)NC2C3CCCC2CC(N)C3)cc1.Cl. The molecule has 1 aromatic rings. The monoisotopic (exact) mass is 368 g/mol. The lowest BCUT2D eigenvalue weighted by Crippen LogP contribution is -2.53. The Balaban J connectivity index is 0.00000225. The summed E-state index contributed by atoms with van der Waals surface area (Å²) in [5, 5.41) is 3.27. The Morgan fingerprint density at radius 3 is 2.40 bits per heavy atom. The number of amides is 1. The van der Waals surface area contributed by atoms with Crippen LogP contribution in [0.15, 0.2) is 24.3 Å². The first-order valence-electron chi connectivity index (χ1n) is 8.95. The molecule has 3 N–H and O–H groups in total. The van der Waals surface area contributed by atoms with Crippen molar-refractivity contribution in [3.05, 3.63) is 29.8 Å². The Hall–Kier alpha value is -1.30. The molecule has 2 bridgehead atoms. The molecule has 140 valence electrons. The van der Waals surface area contributed by atoms with Gasteiger partial charge in [-0.3, -0.25) is 4.79 Å². The maximum Gasteiger partial charge on any atom is 0.251 e. The highest BCUT2D eigenvalue weighted by Crippen LogP contribution is 2.39. The number of hydrogen-bond donors (Lipinski definition) is 2. The summed E-state index contributed by atoms with van der Waals surface area (Å²) < 4.78 is 10.5. The third-order valence-electron chi connectivity index (χ3n) is 5.35. The van der Waals surface area contributed by atoms with Crippen LogP contribution in [0, 0.1) is 11.8 Å². The van der Waals surface area contributed by atoms with E-state index in [0.717, 1.165) is 18.6 Å². The first-order valence-corrected chi connectivity index (χ1v) is 8.95. The second-order valence-electron chi connectivity index (χ2n) is 7.05. The van der Waals surface area contributed by atoms with Crippen molar-refractivity contribution in [1.82, 2.24) is 5.32 Å². The van der Waals surface area contributed by atoms with Crippen LogP contribution in [0.5, 0.6) is 5.75 Å². The molecule has 1 amide bonds. The molecule has 5 nitrogen and oxygen atoms in total. The van der Waals surface area contributed by atoms with Crippen LogP contribution in [0.1, 0.15) is 42.5 Å². The average molecular weight is 369 g/mol. The van der Waals surface area contributed by atoms with Gasteiger partial charge in [0.25, 0.3) is 5.91 Å². The van der Waals surface area contributed by atoms with E-state index in [1.165, 1.54) is 19.3 Å². The first kappa shape index (κ1) is 20.0. The van der Waals surface area contributed by atoms with Crippen LogP contribution in [0.2, 0.25) is 0 Å². The van der Waals surface area contributed by atoms with Gasteiger partial charge in [-0.15, -0.1) is 12.4 Å². The number of nitrogens with two attached hydrogens (primary N) is 1. The van der Waals surface area contributed by atoms with Gasteiger partial charge in [-0.25, -0.2) is 0 Å². The van der Waals surface area contributed by atoms with Gasteiger partial charge in [-0.2, -0.15) is 0 Å². The average Bonchev–Trinajstić information content (AvgIpc) is 2.56. The molecule has 0 saturated heterocycles. The molecule has 2 unspecified atom stereocenters. The van der Waals surface area contributed by atoms with Crippen molar-refractivity contribution < 1.29 is 14.3 Å². The van der Waals surface area contributed by atoms with Gasteiger partial charge in [-0.1, -0.05) is 6.42 Å². The second-order valence-corrected chi connectivity index (χ2v) is 7.05. The summed E-state index contributed by atoms with van der Waals surface area (Å²) in [5.74, 6) is 1.83. The number of halogens is 1. The summed E-state index contributed by atoms with van der Waals surface area (Å²) in [4.78, 5) is 12.6. The van der Waals surface area contributed by atoms with Crippen LogP contribution >= 0.6 is 12.4 Å². The van der Waals surface area contributed by atoms with Crippen molar-refractivity contribution >= 4 is 18.3 Å². The van der Waals surface area contributed by atoms with Gasteiger partial charge in [0.2, 0.25) is 0 Å². The summed E-state index contributed by atoms with van der Waals surface area (Å²) in [6, 6.07) is 7.90. The summed E-state index contributed by atoms with van der Waals surface area (Å²) in [5.41, 5.74) is 6.84. The summed E-state index contributed by atoms with van der Waals surface area (Å²) >= 11 is 0. The molecule has 2 atom stereocenters. The lowest BCUT2D eigenvalue weighted by Gasteiger charge is -2.45. The van der Waals surface area contributed by atoms with Crippen molar-refractivity contribution in [2.24, 2.45) is 17.6 Å². The molecule has 0 aliphatic heterocycles. The number of ether oxygens (including phenoxy) is 2. The smallest absolute Gasteiger partial charge is 0.251 e. The van der Waals surface area contributed by atoms with Crippen molar-refractivity contribution in [2.75, 3.05) is 20.3 Å². The van der Waals surface area contributed by atoms with Gasteiger partial charge < -0.3 is 20.5 Å². The van der Waals surface area contributed by atoms with Crippen molar-refractivity contribution in [2.45, 2.75) is 44.2 Å². The Kier molecular flexibility index (Phi) is 7.54. The van der Waals surface area contributed by atoms with E-state index in [1.807, 2.05) is 24.3 Å². The minimum atomic E-state index is 0. The van der Waals surface area contributed by atoms with E-state index >= 15 is 0 Å². The standard InChI is InChI=1S/C19H28N2O3.ClH/c1-23-9-10-24-17-7-5-13(6-8-17)19(22)21-18-14-3-2-4-15(18)12-16(20)11-14;/h5-8,14-16,18H,2-4,9-12,20H2,1H3,(H,21,22);1H. The van der Waals surface area contributed by atoms with Gasteiger partial charge >= 0.3 is 0 Å². The fourth-order valence-electron chi connectivity index (χ4n) is 4.20. The number of carbonyl (C=O) groups is 1.